The summed E-state index contributed by atoms with van der Waals surface area (Å²) in [6, 6.07) is 9.31. The number of carboxylic acid groups (broad SMARTS) is 1. The van der Waals surface area contributed by atoms with E-state index < -0.39 is 50.1 Å². The average Bonchev–Trinajstić information content (AvgIpc) is 3.61. The van der Waals surface area contributed by atoms with E-state index in [-0.39, 0.29) is 25.0 Å². The number of amides is 3. The van der Waals surface area contributed by atoms with Crippen LogP contribution in [0.25, 0.3) is 0 Å². The van der Waals surface area contributed by atoms with Gasteiger partial charge in [-0.2, -0.15) is 0 Å². The van der Waals surface area contributed by atoms with Crippen LogP contribution < -0.4 is 26.9 Å². The van der Waals surface area contributed by atoms with Crippen LogP contribution in [0.1, 0.15) is 73.0 Å². The third-order valence-corrected chi connectivity index (χ3v) is 8.79. The lowest BCUT2D eigenvalue weighted by Crippen LogP contribution is -2.49. The van der Waals surface area contributed by atoms with Gasteiger partial charge < -0.3 is 45.5 Å². The van der Waals surface area contributed by atoms with Crippen molar-refractivity contribution in [1.82, 2.24) is 16.0 Å². The molecule has 0 unspecified atom stereocenters. The quantitative estimate of drug-likeness (QED) is 0.0852. The Hall–Kier alpha value is -3.75. The van der Waals surface area contributed by atoms with Crippen molar-refractivity contribution in [3.05, 3.63) is 58.7 Å². The van der Waals surface area contributed by atoms with Crippen LogP contribution in [-0.2, 0) is 43.3 Å². The van der Waals surface area contributed by atoms with Gasteiger partial charge in [0.1, 0.15) is 0 Å². The number of hydrogen-bond donors (Lipinski definition) is 7. The molecule has 2 aromatic carbocycles. The number of hydrogen-bond acceptors (Lipinski definition) is 9. The number of rotatable bonds is 17. The minimum Gasteiger partial charge on any atom is -0.480 e. The molecule has 2 heterocycles. The number of carbonyl (C=O) groups excluding carboxylic acids is 3. The highest BCUT2D eigenvalue weighted by Gasteiger charge is 2.30. The molecule has 0 saturated heterocycles. The number of fused-ring (bicyclic) bond motifs is 2. The second kappa shape index (κ2) is 16.9. The van der Waals surface area contributed by atoms with E-state index in [2.05, 4.69) is 16.0 Å². The Bertz CT molecular complexity index is 1440. The van der Waals surface area contributed by atoms with Crippen molar-refractivity contribution >= 4 is 48.9 Å². The molecule has 0 saturated carbocycles. The van der Waals surface area contributed by atoms with Crippen molar-refractivity contribution < 1.29 is 48.7 Å². The Morgan fingerprint density at radius 3 is 2.17 bits per heavy atom. The van der Waals surface area contributed by atoms with Gasteiger partial charge in [-0.25, -0.2) is 4.79 Å². The summed E-state index contributed by atoms with van der Waals surface area (Å²) in [5.74, 6) is -3.36. The molecule has 4 atom stereocenters. The summed E-state index contributed by atoms with van der Waals surface area (Å²) in [6.07, 6.45) is 1.87. The smallest absolute Gasteiger partial charge is 0.480 e. The summed E-state index contributed by atoms with van der Waals surface area (Å²) in [7, 11) is -2.06. The third kappa shape index (κ3) is 9.64. The monoisotopic (exact) mass is 651 g/mol. The Balaban J connectivity index is 1.31. The molecule has 4 rings (SSSR count). The standard InChI is InChI=1S/C32H43B2N3O10/c1-3-21(31(41)37-28(19(2)38)32(42)43)6-4-5-13-35-30(40)23(9-7-20-8-10-24-17-46-33(44)26(24)14-20)16-36-29(39)22-11-12-25-18-47-34(45)27(25)15-22/h8,10-12,14-15,19,21,23,28,38,44-45H,3-7,9,13,16-18H2,1-2H3,(H,35,40)(H,36,39)(H,37,41)(H,42,43)/t19-,21-,23+,28+/m1/s1. The molecule has 0 aliphatic carbocycles. The van der Waals surface area contributed by atoms with Gasteiger partial charge in [-0.1, -0.05) is 37.6 Å². The maximum Gasteiger partial charge on any atom is 0.491 e. The third-order valence-electron chi connectivity index (χ3n) is 8.79. The van der Waals surface area contributed by atoms with E-state index in [1.54, 1.807) is 18.2 Å². The zero-order valence-corrected chi connectivity index (χ0v) is 26.7. The Kier molecular flexibility index (Phi) is 13.0. The Morgan fingerprint density at radius 2 is 1.53 bits per heavy atom. The highest BCUT2D eigenvalue weighted by Crippen LogP contribution is 2.17. The molecular formula is C32H43B2N3O10. The normalized spacial score (nSPS) is 16.1. The first-order valence-electron chi connectivity index (χ1n) is 16.1. The Labute approximate surface area is 274 Å². The minimum absolute atomic E-state index is 0.0730. The number of aliphatic hydroxyl groups is 1. The molecule has 3 amide bonds. The van der Waals surface area contributed by atoms with E-state index in [0.717, 1.165) is 16.7 Å². The van der Waals surface area contributed by atoms with E-state index in [1.807, 2.05) is 25.1 Å². The maximum absolute atomic E-state index is 13.3. The van der Waals surface area contributed by atoms with Crippen molar-refractivity contribution in [2.75, 3.05) is 13.1 Å². The zero-order chi connectivity index (χ0) is 34.1. The first kappa shape index (κ1) is 36.1. The number of carbonyl (C=O) groups is 4. The van der Waals surface area contributed by atoms with Gasteiger partial charge in [-0.05, 0) is 78.8 Å². The minimum atomic E-state index is -1.38. The van der Waals surface area contributed by atoms with Crippen molar-refractivity contribution in [1.29, 1.82) is 0 Å². The van der Waals surface area contributed by atoms with Crippen LogP contribution in [0, 0.1) is 11.8 Å². The van der Waals surface area contributed by atoms with E-state index >= 15 is 0 Å². The molecular weight excluding hydrogens is 608 g/mol. The van der Waals surface area contributed by atoms with Gasteiger partial charge in [0.05, 0.1) is 25.2 Å². The van der Waals surface area contributed by atoms with Crippen LogP contribution >= 0.6 is 0 Å². The molecule has 0 spiro atoms. The summed E-state index contributed by atoms with van der Waals surface area (Å²) < 4.78 is 10.5. The summed E-state index contributed by atoms with van der Waals surface area (Å²) >= 11 is 0. The molecule has 2 aliphatic rings. The van der Waals surface area contributed by atoms with Crippen LogP contribution in [-0.4, -0.2) is 83.4 Å². The highest BCUT2D eigenvalue weighted by molar-refractivity contribution is 6.62. The fourth-order valence-corrected chi connectivity index (χ4v) is 5.81. The molecule has 0 bridgehead atoms. The lowest BCUT2D eigenvalue weighted by molar-refractivity contribution is -0.145. The van der Waals surface area contributed by atoms with Crippen LogP contribution in [0.15, 0.2) is 36.4 Å². The molecule has 2 aliphatic heterocycles. The molecule has 0 aromatic heterocycles. The van der Waals surface area contributed by atoms with Crippen molar-refractivity contribution in [2.24, 2.45) is 11.8 Å². The molecule has 47 heavy (non-hydrogen) atoms. The van der Waals surface area contributed by atoms with E-state index in [0.29, 0.717) is 68.2 Å². The first-order chi connectivity index (χ1) is 22.5. The van der Waals surface area contributed by atoms with Crippen LogP contribution in [0.5, 0.6) is 0 Å². The Morgan fingerprint density at radius 1 is 0.872 bits per heavy atom. The number of nitrogens with one attached hydrogen (secondary N) is 3. The summed E-state index contributed by atoms with van der Waals surface area (Å²) in [4.78, 5) is 50.3. The summed E-state index contributed by atoms with van der Waals surface area (Å²) in [5.41, 5.74) is 4.25. The van der Waals surface area contributed by atoms with Crippen LogP contribution in [0.2, 0.25) is 0 Å². The second-order valence-electron chi connectivity index (χ2n) is 12.2. The molecule has 2 aromatic rings. The molecule has 252 valence electrons. The largest absolute Gasteiger partial charge is 0.491 e. The molecule has 0 radical (unpaired) electrons. The average molecular weight is 651 g/mol. The lowest BCUT2D eigenvalue weighted by Gasteiger charge is -2.21. The number of benzene rings is 2. The van der Waals surface area contributed by atoms with Crippen molar-refractivity contribution in [2.45, 2.75) is 77.7 Å². The van der Waals surface area contributed by atoms with Gasteiger partial charge in [0.2, 0.25) is 11.8 Å². The van der Waals surface area contributed by atoms with E-state index in [9.17, 15) is 39.4 Å². The highest BCUT2D eigenvalue weighted by atomic mass is 16.5. The number of aryl methyl sites for hydroxylation is 1. The van der Waals surface area contributed by atoms with Gasteiger partial charge in [-0.3, -0.25) is 14.4 Å². The molecule has 15 heteroatoms. The predicted molar refractivity (Wildman–Crippen MR) is 174 cm³/mol. The van der Waals surface area contributed by atoms with Gasteiger partial charge in [-0.15, -0.1) is 0 Å². The molecule has 13 nitrogen and oxygen atoms in total. The zero-order valence-electron chi connectivity index (χ0n) is 26.7. The number of aliphatic hydroxyl groups excluding tert-OH is 1. The fourth-order valence-electron chi connectivity index (χ4n) is 5.81. The van der Waals surface area contributed by atoms with Gasteiger partial charge in [0, 0.05) is 24.6 Å². The molecule has 0 fully saturated rings. The second-order valence-corrected chi connectivity index (χ2v) is 12.2. The van der Waals surface area contributed by atoms with Crippen molar-refractivity contribution in [3.8, 4) is 0 Å². The van der Waals surface area contributed by atoms with Crippen LogP contribution in [0.4, 0.5) is 0 Å². The van der Waals surface area contributed by atoms with Gasteiger partial charge in [0.25, 0.3) is 5.91 Å². The van der Waals surface area contributed by atoms with E-state index in [1.165, 1.54) is 6.92 Å². The van der Waals surface area contributed by atoms with Crippen molar-refractivity contribution in [3.63, 3.8) is 0 Å². The summed E-state index contributed by atoms with van der Waals surface area (Å²) in [5, 5.41) is 47.2. The first-order valence-corrected chi connectivity index (χ1v) is 16.1. The predicted octanol–water partition coefficient (Wildman–Crippen LogP) is -0.636. The summed E-state index contributed by atoms with van der Waals surface area (Å²) in [6.45, 7) is 4.17. The number of unbranched alkanes of at least 4 members (excludes halogenated alkanes) is 1. The maximum atomic E-state index is 13.3. The number of aliphatic carboxylic acids is 1. The molecule has 7 N–H and O–H groups in total. The SMILES string of the molecule is CC[C@H](CCCCNC(=O)[C@@H](CCc1ccc2c(c1)B(O)OC2)CNC(=O)c1ccc2c(c1)B(O)OC2)C(=O)N[C@H](C(=O)O)[C@@H](C)O. The lowest BCUT2D eigenvalue weighted by atomic mass is 9.78. The van der Waals surface area contributed by atoms with Crippen LogP contribution in [0.3, 0.4) is 0 Å². The van der Waals surface area contributed by atoms with Gasteiger partial charge >= 0.3 is 20.2 Å². The number of carboxylic acids is 1. The fraction of sp³-hybridized carbons (Fsp3) is 0.500. The topological polar surface area (TPSA) is 204 Å². The van der Waals surface area contributed by atoms with E-state index in [4.69, 9.17) is 9.31 Å². The van der Waals surface area contributed by atoms with Gasteiger partial charge in [0.15, 0.2) is 6.04 Å².